The molecule has 0 aliphatic carbocycles. The fourth-order valence-corrected chi connectivity index (χ4v) is 3.94. The summed E-state index contributed by atoms with van der Waals surface area (Å²) < 4.78 is 15.5. The van der Waals surface area contributed by atoms with Crippen molar-refractivity contribution in [1.29, 1.82) is 0 Å². The first-order valence-electron chi connectivity index (χ1n) is 9.59. The molecule has 1 saturated heterocycles. The molecule has 7 nitrogen and oxygen atoms in total. The van der Waals surface area contributed by atoms with Crippen molar-refractivity contribution in [2.24, 2.45) is 0 Å². The quantitative estimate of drug-likeness (QED) is 0.864. The molecular formula is C19H25FN6O. The number of benzene rings is 1. The van der Waals surface area contributed by atoms with Gasteiger partial charge in [0.15, 0.2) is 5.82 Å². The zero-order chi connectivity index (χ0) is 18.8. The normalized spacial score (nSPS) is 18.2. The third-order valence-corrected chi connectivity index (χ3v) is 5.38. The molecule has 144 valence electrons. The first kappa shape index (κ1) is 17.8. The largest absolute Gasteiger partial charge is 0.371 e. The van der Waals surface area contributed by atoms with Crippen molar-refractivity contribution in [2.45, 2.75) is 51.2 Å². The Morgan fingerprint density at radius 1 is 1.26 bits per heavy atom. The maximum absolute atomic E-state index is 13.4. The van der Waals surface area contributed by atoms with E-state index in [4.69, 9.17) is 0 Å². The van der Waals surface area contributed by atoms with Gasteiger partial charge in [-0.3, -0.25) is 0 Å². The van der Waals surface area contributed by atoms with Crippen molar-refractivity contribution in [3.05, 3.63) is 41.7 Å². The van der Waals surface area contributed by atoms with Crippen molar-refractivity contribution >= 4 is 11.7 Å². The summed E-state index contributed by atoms with van der Waals surface area (Å²) in [5.74, 6) is 1.60. The van der Waals surface area contributed by atoms with Crippen molar-refractivity contribution < 1.29 is 9.18 Å². The van der Waals surface area contributed by atoms with E-state index in [9.17, 15) is 9.18 Å². The Kier molecular flexibility index (Phi) is 4.96. The van der Waals surface area contributed by atoms with Crippen LogP contribution < -0.4 is 15.5 Å². The summed E-state index contributed by atoms with van der Waals surface area (Å²) in [7, 11) is 0. The number of nitrogens with zero attached hydrogens (tertiary/aromatic N) is 4. The van der Waals surface area contributed by atoms with Gasteiger partial charge in [-0.15, -0.1) is 10.2 Å². The van der Waals surface area contributed by atoms with Crippen LogP contribution in [0.2, 0.25) is 0 Å². The molecule has 4 rings (SSSR count). The lowest BCUT2D eigenvalue weighted by Gasteiger charge is -2.34. The van der Waals surface area contributed by atoms with E-state index in [1.807, 2.05) is 13.0 Å². The van der Waals surface area contributed by atoms with Gasteiger partial charge in [-0.2, -0.15) is 0 Å². The summed E-state index contributed by atoms with van der Waals surface area (Å²) in [6, 6.07) is 6.41. The summed E-state index contributed by atoms with van der Waals surface area (Å²) in [4.78, 5) is 14.5. The molecule has 3 heterocycles. The van der Waals surface area contributed by atoms with Gasteiger partial charge in [0.1, 0.15) is 11.6 Å². The highest BCUT2D eigenvalue weighted by molar-refractivity contribution is 5.74. The number of hydrogen-bond donors (Lipinski definition) is 2. The number of aromatic nitrogens is 3. The second kappa shape index (κ2) is 7.54. The lowest BCUT2D eigenvalue weighted by atomic mass is 10.0. The van der Waals surface area contributed by atoms with Crippen molar-refractivity contribution in [3.63, 3.8) is 0 Å². The molecule has 1 unspecified atom stereocenters. The van der Waals surface area contributed by atoms with Crippen LogP contribution in [-0.2, 0) is 13.0 Å². The second-order valence-corrected chi connectivity index (χ2v) is 7.31. The number of hydrogen-bond acceptors (Lipinski definition) is 4. The van der Waals surface area contributed by atoms with E-state index in [1.54, 1.807) is 12.1 Å². The Balaban J connectivity index is 1.27. The van der Waals surface area contributed by atoms with E-state index < -0.39 is 0 Å². The SMILES string of the molecule is CC(NC(=O)NC1CCN(c2cccc(F)c2)CC1)c1nnc2n1CCC2. The topological polar surface area (TPSA) is 75.1 Å². The molecule has 27 heavy (non-hydrogen) atoms. The van der Waals surface area contributed by atoms with Gasteiger partial charge in [0.2, 0.25) is 0 Å². The Morgan fingerprint density at radius 3 is 2.85 bits per heavy atom. The minimum absolute atomic E-state index is 0.117. The summed E-state index contributed by atoms with van der Waals surface area (Å²) in [6.07, 6.45) is 3.70. The Bertz CT molecular complexity index is 814. The van der Waals surface area contributed by atoms with Crippen LogP contribution in [0.5, 0.6) is 0 Å². The van der Waals surface area contributed by atoms with Crippen LogP contribution in [0.15, 0.2) is 24.3 Å². The molecule has 2 N–H and O–H groups in total. The number of rotatable bonds is 4. The lowest BCUT2D eigenvalue weighted by Crippen LogP contribution is -2.48. The number of carbonyl (C=O) groups is 1. The van der Waals surface area contributed by atoms with Crippen LogP contribution in [0.3, 0.4) is 0 Å². The molecule has 0 radical (unpaired) electrons. The van der Waals surface area contributed by atoms with E-state index in [1.165, 1.54) is 6.07 Å². The summed E-state index contributed by atoms with van der Waals surface area (Å²) >= 11 is 0. The van der Waals surface area contributed by atoms with Gasteiger partial charge in [0.25, 0.3) is 0 Å². The average Bonchev–Trinajstić information content (AvgIpc) is 3.25. The van der Waals surface area contributed by atoms with E-state index in [2.05, 4.69) is 30.3 Å². The fourth-order valence-electron chi connectivity index (χ4n) is 3.94. The molecule has 0 spiro atoms. The minimum Gasteiger partial charge on any atom is -0.371 e. The highest BCUT2D eigenvalue weighted by atomic mass is 19.1. The van der Waals surface area contributed by atoms with E-state index in [-0.39, 0.29) is 23.9 Å². The summed E-state index contributed by atoms with van der Waals surface area (Å²) in [6.45, 7) is 4.44. The number of halogens is 1. The highest BCUT2D eigenvalue weighted by Gasteiger charge is 2.24. The number of fused-ring (bicyclic) bond motifs is 1. The molecule has 2 aliphatic heterocycles. The van der Waals surface area contributed by atoms with Gasteiger partial charge in [-0.1, -0.05) is 6.07 Å². The number of amides is 2. The van der Waals surface area contributed by atoms with Crippen LogP contribution in [0.1, 0.15) is 43.9 Å². The zero-order valence-corrected chi connectivity index (χ0v) is 15.5. The maximum atomic E-state index is 13.4. The Hall–Kier alpha value is -2.64. The average molecular weight is 372 g/mol. The Morgan fingerprint density at radius 2 is 2.07 bits per heavy atom. The molecule has 2 aliphatic rings. The van der Waals surface area contributed by atoms with Crippen LogP contribution in [0.4, 0.5) is 14.9 Å². The third kappa shape index (κ3) is 3.89. The molecule has 8 heteroatoms. The fraction of sp³-hybridized carbons (Fsp3) is 0.526. The van der Waals surface area contributed by atoms with E-state index in [0.717, 1.165) is 62.7 Å². The molecule has 1 atom stereocenters. The van der Waals surface area contributed by atoms with E-state index in [0.29, 0.717) is 0 Å². The molecule has 1 aromatic heterocycles. The highest BCUT2D eigenvalue weighted by Crippen LogP contribution is 2.21. The van der Waals surface area contributed by atoms with Gasteiger partial charge in [-0.05, 0) is 44.4 Å². The van der Waals surface area contributed by atoms with Gasteiger partial charge >= 0.3 is 6.03 Å². The van der Waals surface area contributed by atoms with Gasteiger partial charge in [0, 0.05) is 37.8 Å². The van der Waals surface area contributed by atoms with Crippen LogP contribution in [-0.4, -0.2) is 39.9 Å². The number of piperidine rings is 1. The van der Waals surface area contributed by atoms with Crippen molar-refractivity contribution in [2.75, 3.05) is 18.0 Å². The van der Waals surface area contributed by atoms with Crippen molar-refractivity contribution in [1.82, 2.24) is 25.4 Å². The minimum atomic E-state index is -0.221. The first-order chi connectivity index (χ1) is 13.1. The third-order valence-electron chi connectivity index (χ3n) is 5.38. The summed E-state index contributed by atoms with van der Waals surface area (Å²) in [5.41, 5.74) is 0.896. The molecule has 2 amide bonds. The van der Waals surface area contributed by atoms with Gasteiger partial charge < -0.3 is 20.1 Å². The van der Waals surface area contributed by atoms with Crippen molar-refractivity contribution in [3.8, 4) is 0 Å². The molecule has 1 fully saturated rings. The zero-order valence-electron chi connectivity index (χ0n) is 15.5. The first-order valence-corrected chi connectivity index (χ1v) is 9.59. The predicted molar refractivity (Wildman–Crippen MR) is 100 cm³/mol. The predicted octanol–water partition coefficient (Wildman–Crippen LogP) is 2.39. The van der Waals surface area contributed by atoms with Crippen LogP contribution in [0.25, 0.3) is 0 Å². The monoisotopic (exact) mass is 372 g/mol. The molecule has 2 aromatic rings. The maximum Gasteiger partial charge on any atom is 0.315 e. The molecule has 0 saturated carbocycles. The lowest BCUT2D eigenvalue weighted by molar-refractivity contribution is 0.230. The number of urea groups is 1. The molecule has 0 bridgehead atoms. The number of anilines is 1. The van der Waals surface area contributed by atoms with Gasteiger partial charge in [-0.25, -0.2) is 9.18 Å². The number of aryl methyl sites for hydroxylation is 1. The molecular weight excluding hydrogens is 347 g/mol. The second-order valence-electron chi connectivity index (χ2n) is 7.31. The molecule has 1 aromatic carbocycles. The standard InChI is InChI=1S/C19H25FN6O/c1-13(18-24-23-17-6-3-9-26(17)18)21-19(27)22-15-7-10-25(11-8-15)16-5-2-4-14(20)12-16/h2,4-5,12-13,15H,3,6-11H2,1H3,(H2,21,22,27). The Labute approximate surface area is 158 Å². The smallest absolute Gasteiger partial charge is 0.315 e. The number of nitrogens with one attached hydrogen (secondary N) is 2. The van der Waals surface area contributed by atoms with E-state index >= 15 is 0 Å². The van der Waals surface area contributed by atoms with Crippen LogP contribution in [0, 0.1) is 5.82 Å². The summed E-state index contributed by atoms with van der Waals surface area (Å²) in [5, 5.41) is 14.4. The van der Waals surface area contributed by atoms with Crippen LogP contribution >= 0.6 is 0 Å². The van der Waals surface area contributed by atoms with Gasteiger partial charge in [0.05, 0.1) is 6.04 Å². The number of carbonyl (C=O) groups excluding carboxylic acids is 1.